The molecule has 0 saturated heterocycles. The van der Waals surface area contributed by atoms with Gasteiger partial charge in [0.05, 0.1) is 0 Å². The molecule has 0 aliphatic rings. The predicted octanol–water partition coefficient (Wildman–Crippen LogP) is 2.51. The molecule has 19 heavy (non-hydrogen) atoms. The second-order valence-electron chi connectivity index (χ2n) is 3.82. The molecule has 0 heterocycles. The van der Waals surface area contributed by atoms with Gasteiger partial charge in [-0.3, -0.25) is 4.79 Å². The first kappa shape index (κ1) is 12.9. The summed E-state index contributed by atoms with van der Waals surface area (Å²) in [5.41, 5.74) is 0.653. The molecule has 2 aromatic carbocycles. The molecule has 3 nitrogen and oxygen atoms in total. The van der Waals surface area contributed by atoms with Crippen molar-refractivity contribution in [3.8, 4) is 0 Å². The summed E-state index contributed by atoms with van der Waals surface area (Å²) in [5.74, 6) is 3.90. The average Bonchev–Trinajstić information content (AvgIpc) is 2.42. The van der Waals surface area contributed by atoms with Crippen molar-refractivity contribution in [2.75, 3.05) is 0 Å². The number of hydrazone groups is 1. The number of hydrogen-bond donors (Lipinski definition) is 1. The molecule has 0 unspecified atom stereocenters. The zero-order valence-electron chi connectivity index (χ0n) is 9.81. The third-order valence-corrected chi connectivity index (χ3v) is 2.57. The number of benzene rings is 2. The van der Waals surface area contributed by atoms with Crippen molar-refractivity contribution in [1.29, 1.82) is 0 Å². The number of carbonyl (C=O) groups is 1. The van der Waals surface area contributed by atoms with Gasteiger partial charge in [-0.25, -0.2) is 8.78 Å². The van der Waals surface area contributed by atoms with Crippen LogP contribution >= 0.6 is 0 Å². The van der Waals surface area contributed by atoms with E-state index in [1.54, 1.807) is 0 Å². The topological polar surface area (TPSA) is 55.4 Å². The van der Waals surface area contributed by atoms with E-state index in [9.17, 15) is 13.6 Å². The monoisotopic (exact) mass is 260 g/mol. The van der Waals surface area contributed by atoms with E-state index >= 15 is 0 Å². The lowest BCUT2D eigenvalue weighted by Crippen LogP contribution is -2.17. The average molecular weight is 260 g/mol. The van der Waals surface area contributed by atoms with E-state index in [1.165, 1.54) is 48.5 Å². The SMILES string of the molecule is NN=C(C(=O)c1ccc(F)cc1)c1ccc(F)cc1. The summed E-state index contributed by atoms with van der Waals surface area (Å²) in [6.45, 7) is 0. The summed E-state index contributed by atoms with van der Waals surface area (Å²) < 4.78 is 25.6. The molecule has 2 N–H and O–H groups in total. The van der Waals surface area contributed by atoms with Crippen LogP contribution in [0.5, 0.6) is 0 Å². The lowest BCUT2D eigenvalue weighted by Gasteiger charge is -2.04. The smallest absolute Gasteiger partial charge is 0.213 e. The Labute approximate surface area is 108 Å². The highest BCUT2D eigenvalue weighted by Crippen LogP contribution is 2.10. The Balaban J connectivity index is 2.35. The number of nitrogens with two attached hydrogens (primary N) is 1. The molecule has 0 aromatic heterocycles. The first-order valence-electron chi connectivity index (χ1n) is 5.46. The Morgan fingerprint density at radius 3 is 1.68 bits per heavy atom. The second-order valence-corrected chi connectivity index (χ2v) is 3.82. The number of ketones is 1. The van der Waals surface area contributed by atoms with Crippen molar-refractivity contribution in [2.24, 2.45) is 10.9 Å². The van der Waals surface area contributed by atoms with Crippen LogP contribution < -0.4 is 5.84 Å². The van der Waals surface area contributed by atoms with Gasteiger partial charge in [-0.2, -0.15) is 5.10 Å². The first-order chi connectivity index (χ1) is 9.11. The number of rotatable bonds is 3. The molecule has 0 saturated carbocycles. The lowest BCUT2D eigenvalue weighted by atomic mass is 10.0. The van der Waals surface area contributed by atoms with Crippen LogP contribution in [0.1, 0.15) is 15.9 Å². The number of Topliss-reactive ketones (excluding diaryl/α,β-unsaturated/α-hetero) is 1. The summed E-state index contributed by atoms with van der Waals surface area (Å²) in [7, 11) is 0. The van der Waals surface area contributed by atoms with Crippen LogP contribution in [-0.2, 0) is 0 Å². The Bertz CT molecular complexity index is 619. The summed E-state index contributed by atoms with van der Waals surface area (Å²) >= 11 is 0. The lowest BCUT2D eigenvalue weighted by molar-refractivity contribution is 0.106. The van der Waals surface area contributed by atoms with Gasteiger partial charge in [0.1, 0.15) is 17.3 Å². The molecule has 5 heteroatoms. The van der Waals surface area contributed by atoms with Crippen molar-refractivity contribution >= 4 is 11.5 Å². The third-order valence-electron chi connectivity index (χ3n) is 2.57. The Kier molecular flexibility index (Phi) is 3.66. The minimum absolute atomic E-state index is 0.00777. The standard InChI is InChI=1S/C14H10F2N2O/c15-11-5-1-9(2-6-11)13(18-17)14(19)10-3-7-12(16)8-4-10/h1-8H,17H2. The maximum atomic E-state index is 12.8. The molecular formula is C14H10F2N2O. The highest BCUT2D eigenvalue weighted by atomic mass is 19.1. The Hall–Kier alpha value is -2.56. The van der Waals surface area contributed by atoms with Crippen molar-refractivity contribution in [1.82, 2.24) is 0 Å². The van der Waals surface area contributed by atoms with Crippen LogP contribution in [0.2, 0.25) is 0 Å². The number of hydrogen-bond acceptors (Lipinski definition) is 3. The zero-order chi connectivity index (χ0) is 13.8. The van der Waals surface area contributed by atoms with E-state index < -0.39 is 17.4 Å². The summed E-state index contributed by atoms with van der Waals surface area (Å²) in [5, 5.41) is 3.44. The number of carbonyl (C=O) groups excluding carboxylic acids is 1. The van der Waals surface area contributed by atoms with E-state index in [0.717, 1.165) is 0 Å². The minimum Gasteiger partial charge on any atom is -0.323 e. The van der Waals surface area contributed by atoms with Crippen LogP contribution in [0.15, 0.2) is 53.6 Å². The van der Waals surface area contributed by atoms with Gasteiger partial charge in [0.15, 0.2) is 0 Å². The first-order valence-corrected chi connectivity index (χ1v) is 5.46. The molecular weight excluding hydrogens is 250 g/mol. The highest BCUT2D eigenvalue weighted by Gasteiger charge is 2.16. The summed E-state index contributed by atoms with van der Waals surface area (Å²) in [4.78, 5) is 12.1. The predicted molar refractivity (Wildman–Crippen MR) is 67.9 cm³/mol. The molecule has 0 fully saturated rings. The van der Waals surface area contributed by atoms with Crippen LogP contribution in [0.3, 0.4) is 0 Å². The summed E-state index contributed by atoms with van der Waals surface area (Å²) in [6, 6.07) is 10.2. The summed E-state index contributed by atoms with van der Waals surface area (Å²) in [6.07, 6.45) is 0. The Morgan fingerprint density at radius 2 is 1.26 bits per heavy atom. The van der Waals surface area contributed by atoms with Crippen LogP contribution in [0, 0.1) is 11.6 Å². The van der Waals surface area contributed by atoms with E-state index in [0.29, 0.717) is 5.56 Å². The van der Waals surface area contributed by atoms with Crippen molar-refractivity contribution < 1.29 is 13.6 Å². The molecule has 0 aliphatic heterocycles. The fourth-order valence-electron chi connectivity index (χ4n) is 1.61. The van der Waals surface area contributed by atoms with Gasteiger partial charge in [0.25, 0.3) is 0 Å². The molecule has 0 atom stereocenters. The number of nitrogens with zero attached hydrogens (tertiary/aromatic N) is 1. The van der Waals surface area contributed by atoms with Crippen molar-refractivity contribution in [3.63, 3.8) is 0 Å². The van der Waals surface area contributed by atoms with Crippen LogP contribution in [-0.4, -0.2) is 11.5 Å². The molecule has 0 spiro atoms. The molecule has 0 radical (unpaired) electrons. The molecule has 2 rings (SSSR count). The quantitative estimate of drug-likeness (QED) is 0.399. The zero-order valence-corrected chi connectivity index (χ0v) is 9.81. The van der Waals surface area contributed by atoms with Gasteiger partial charge in [-0.15, -0.1) is 0 Å². The third kappa shape index (κ3) is 2.82. The van der Waals surface area contributed by atoms with Gasteiger partial charge in [0.2, 0.25) is 5.78 Å². The van der Waals surface area contributed by atoms with E-state index in [1.807, 2.05) is 0 Å². The molecule has 0 amide bonds. The van der Waals surface area contributed by atoms with Gasteiger partial charge in [0, 0.05) is 11.1 Å². The minimum atomic E-state index is -0.450. The Morgan fingerprint density at radius 1 is 0.842 bits per heavy atom. The van der Waals surface area contributed by atoms with Crippen LogP contribution in [0.4, 0.5) is 8.78 Å². The van der Waals surface area contributed by atoms with Gasteiger partial charge in [-0.05, 0) is 48.5 Å². The fraction of sp³-hybridized carbons (Fsp3) is 0. The van der Waals surface area contributed by atoms with Crippen LogP contribution in [0.25, 0.3) is 0 Å². The van der Waals surface area contributed by atoms with E-state index in [-0.39, 0.29) is 11.3 Å². The highest BCUT2D eigenvalue weighted by molar-refractivity contribution is 6.51. The van der Waals surface area contributed by atoms with Gasteiger partial charge in [-0.1, -0.05) is 0 Å². The molecule has 96 valence electrons. The van der Waals surface area contributed by atoms with Crippen molar-refractivity contribution in [3.05, 3.63) is 71.3 Å². The molecule has 0 bridgehead atoms. The van der Waals surface area contributed by atoms with Gasteiger partial charge < -0.3 is 5.84 Å². The fourth-order valence-corrected chi connectivity index (χ4v) is 1.61. The largest absolute Gasteiger partial charge is 0.323 e. The molecule has 2 aromatic rings. The number of halogens is 2. The van der Waals surface area contributed by atoms with E-state index in [4.69, 9.17) is 5.84 Å². The van der Waals surface area contributed by atoms with Crippen molar-refractivity contribution in [2.45, 2.75) is 0 Å². The van der Waals surface area contributed by atoms with E-state index in [2.05, 4.69) is 5.10 Å². The normalized spacial score (nSPS) is 11.4. The van der Waals surface area contributed by atoms with Gasteiger partial charge >= 0.3 is 0 Å². The second kappa shape index (κ2) is 5.39. The molecule has 0 aliphatic carbocycles. The maximum Gasteiger partial charge on any atom is 0.213 e. The maximum absolute atomic E-state index is 12.8.